The van der Waals surface area contributed by atoms with E-state index < -0.39 is 0 Å². The summed E-state index contributed by atoms with van der Waals surface area (Å²) in [5.74, 6) is 1.30. The maximum atomic E-state index is 10.6. The number of rotatable bonds is 3. The summed E-state index contributed by atoms with van der Waals surface area (Å²) in [6.07, 6.45) is 5.83. The Morgan fingerprint density at radius 2 is 1.89 bits per heavy atom. The predicted molar refractivity (Wildman–Crippen MR) is 73.4 cm³/mol. The predicted octanol–water partition coefficient (Wildman–Crippen LogP) is 3.29. The Morgan fingerprint density at radius 3 is 2.33 bits per heavy atom. The van der Waals surface area contributed by atoms with Gasteiger partial charge in [0, 0.05) is 18.3 Å². The molecule has 0 aliphatic heterocycles. The molecule has 18 heavy (non-hydrogen) atoms. The van der Waals surface area contributed by atoms with Crippen molar-refractivity contribution in [3.05, 3.63) is 17.0 Å². The molecule has 0 amide bonds. The largest absolute Gasteiger partial charge is 0.388 e. The van der Waals surface area contributed by atoms with Gasteiger partial charge in [-0.05, 0) is 38.5 Å². The molecule has 1 heterocycles. The Balaban J connectivity index is 2.10. The number of aliphatic hydroxyl groups excluding tert-OH is 1. The molecule has 0 spiro atoms. The monoisotopic (exact) mass is 250 g/mol. The summed E-state index contributed by atoms with van der Waals surface area (Å²) in [5.41, 5.74) is 3.16. The highest BCUT2D eigenvalue weighted by atomic mass is 16.3. The number of aliphatic hydroxyl groups is 1. The average Bonchev–Trinajstić information content (AvgIpc) is 2.63. The van der Waals surface area contributed by atoms with Gasteiger partial charge in [-0.2, -0.15) is 5.10 Å². The van der Waals surface area contributed by atoms with Crippen molar-refractivity contribution in [3.63, 3.8) is 0 Å². The van der Waals surface area contributed by atoms with Crippen molar-refractivity contribution in [1.82, 2.24) is 9.78 Å². The lowest BCUT2D eigenvalue weighted by Crippen LogP contribution is -2.21. The van der Waals surface area contributed by atoms with Crippen LogP contribution in [0.3, 0.4) is 0 Å². The Hall–Kier alpha value is -0.830. The fourth-order valence-corrected chi connectivity index (χ4v) is 3.37. The molecule has 3 heteroatoms. The number of nitrogens with zero attached hydrogens (tertiary/aromatic N) is 2. The second-order valence-corrected chi connectivity index (χ2v) is 5.84. The van der Waals surface area contributed by atoms with Crippen LogP contribution in [0, 0.1) is 25.7 Å². The minimum absolute atomic E-state index is 0.323. The molecule has 1 aromatic rings. The highest BCUT2D eigenvalue weighted by molar-refractivity contribution is 5.27. The normalized spacial score (nSPS) is 26.3. The van der Waals surface area contributed by atoms with E-state index in [0.717, 1.165) is 35.7 Å². The van der Waals surface area contributed by atoms with Gasteiger partial charge in [-0.15, -0.1) is 0 Å². The van der Waals surface area contributed by atoms with E-state index in [4.69, 9.17) is 0 Å². The van der Waals surface area contributed by atoms with Gasteiger partial charge in [0.15, 0.2) is 0 Å². The van der Waals surface area contributed by atoms with Gasteiger partial charge < -0.3 is 5.11 Å². The minimum Gasteiger partial charge on any atom is -0.388 e. The third-order valence-electron chi connectivity index (χ3n) is 4.78. The van der Waals surface area contributed by atoms with Gasteiger partial charge in [0.25, 0.3) is 0 Å². The van der Waals surface area contributed by atoms with Gasteiger partial charge >= 0.3 is 0 Å². The van der Waals surface area contributed by atoms with Gasteiger partial charge in [-0.1, -0.05) is 26.2 Å². The lowest BCUT2D eigenvalue weighted by Gasteiger charge is -2.31. The van der Waals surface area contributed by atoms with Crippen molar-refractivity contribution in [2.24, 2.45) is 18.9 Å². The van der Waals surface area contributed by atoms with Crippen LogP contribution >= 0.6 is 0 Å². The van der Waals surface area contributed by atoms with Crippen molar-refractivity contribution in [3.8, 4) is 0 Å². The molecule has 3 nitrogen and oxygen atoms in total. The van der Waals surface area contributed by atoms with Crippen LogP contribution in [0.4, 0.5) is 0 Å². The molecule has 102 valence electrons. The molecule has 0 bridgehead atoms. The van der Waals surface area contributed by atoms with Crippen molar-refractivity contribution in [2.45, 2.75) is 59.0 Å². The van der Waals surface area contributed by atoms with Crippen LogP contribution in [0.5, 0.6) is 0 Å². The maximum absolute atomic E-state index is 10.6. The van der Waals surface area contributed by atoms with Crippen LogP contribution < -0.4 is 0 Å². The van der Waals surface area contributed by atoms with Crippen LogP contribution in [0.15, 0.2) is 0 Å². The van der Waals surface area contributed by atoms with Crippen LogP contribution in [-0.2, 0) is 7.05 Å². The van der Waals surface area contributed by atoms with E-state index >= 15 is 0 Å². The summed E-state index contributed by atoms with van der Waals surface area (Å²) in [4.78, 5) is 0. The standard InChI is InChI=1S/C15H26N2O/c1-5-12-6-8-13(9-7-12)15(18)14-10(2)16-17(4)11(14)3/h12-13,15,18H,5-9H2,1-4H3. The SMILES string of the molecule is CCC1CCC(C(O)c2c(C)nn(C)c2C)CC1. The maximum Gasteiger partial charge on any atom is 0.0853 e. The van der Waals surface area contributed by atoms with E-state index in [-0.39, 0.29) is 6.10 Å². The van der Waals surface area contributed by atoms with Gasteiger partial charge in [0.1, 0.15) is 0 Å². The highest BCUT2D eigenvalue weighted by Gasteiger charge is 2.29. The zero-order valence-electron chi connectivity index (χ0n) is 12.1. The summed E-state index contributed by atoms with van der Waals surface area (Å²) in [6, 6.07) is 0. The van der Waals surface area contributed by atoms with Gasteiger partial charge in [-0.3, -0.25) is 4.68 Å². The van der Waals surface area contributed by atoms with Crippen molar-refractivity contribution >= 4 is 0 Å². The molecule has 0 saturated heterocycles. The second kappa shape index (κ2) is 5.43. The van der Waals surface area contributed by atoms with Crippen LogP contribution in [0.25, 0.3) is 0 Å². The topological polar surface area (TPSA) is 38.1 Å². The molecular formula is C15H26N2O. The molecule has 1 saturated carbocycles. The second-order valence-electron chi connectivity index (χ2n) is 5.84. The molecule has 1 N–H and O–H groups in total. The van der Waals surface area contributed by atoms with Gasteiger partial charge in [-0.25, -0.2) is 0 Å². The lowest BCUT2D eigenvalue weighted by atomic mass is 9.77. The van der Waals surface area contributed by atoms with Gasteiger partial charge in [0.05, 0.1) is 11.8 Å². The Morgan fingerprint density at radius 1 is 1.28 bits per heavy atom. The van der Waals surface area contributed by atoms with E-state index in [9.17, 15) is 5.11 Å². The van der Waals surface area contributed by atoms with Crippen LogP contribution in [0.2, 0.25) is 0 Å². The fraction of sp³-hybridized carbons (Fsp3) is 0.800. The Bertz CT molecular complexity index is 403. The van der Waals surface area contributed by atoms with E-state index in [1.165, 1.54) is 19.3 Å². The summed E-state index contributed by atoms with van der Waals surface area (Å²) in [6.45, 7) is 6.33. The number of hydrogen-bond acceptors (Lipinski definition) is 2. The van der Waals surface area contributed by atoms with Crippen molar-refractivity contribution in [1.29, 1.82) is 0 Å². The fourth-order valence-electron chi connectivity index (χ4n) is 3.37. The van der Waals surface area contributed by atoms with Crippen LogP contribution in [-0.4, -0.2) is 14.9 Å². The first kappa shape index (κ1) is 13.6. The zero-order chi connectivity index (χ0) is 13.3. The van der Waals surface area contributed by atoms with E-state index in [1.807, 2.05) is 18.7 Å². The molecule has 1 fully saturated rings. The molecule has 1 aliphatic rings. The first-order chi connectivity index (χ1) is 8.54. The molecule has 1 atom stereocenters. The lowest BCUT2D eigenvalue weighted by molar-refractivity contribution is 0.0719. The zero-order valence-corrected chi connectivity index (χ0v) is 12.1. The molecule has 2 rings (SSSR count). The van der Waals surface area contributed by atoms with E-state index in [0.29, 0.717) is 5.92 Å². The molecule has 1 unspecified atom stereocenters. The molecular weight excluding hydrogens is 224 g/mol. The summed E-state index contributed by atoms with van der Waals surface area (Å²) in [5, 5.41) is 15.0. The summed E-state index contributed by atoms with van der Waals surface area (Å²) < 4.78 is 1.88. The van der Waals surface area contributed by atoms with Crippen LogP contribution in [0.1, 0.15) is 62.1 Å². The first-order valence-corrected chi connectivity index (χ1v) is 7.22. The third-order valence-corrected chi connectivity index (χ3v) is 4.78. The Labute approximate surface area is 110 Å². The number of aromatic nitrogens is 2. The Kier molecular flexibility index (Phi) is 4.10. The van der Waals surface area contributed by atoms with E-state index in [2.05, 4.69) is 18.9 Å². The van der Waals surface area contributed by atoms with Gasteiger partial charge in [0.2, 0.25) is 0 Å². The molecule has 0 radical (unpaired) electrons. The molecule has 0 aromatic carbocycles. The number of hydrogen-bond donors (Lipinski definition) is 1. The average molecular weight is 250 g/mol. The minimum atomic E-state index is -0.323. The molecule has 1 aliphatic carbocycles. The molecule has 1 aromatic heterocycles. The van der Waals surface area contributed by atoms with Crippen molar-refractivity contribution < 1.29 is 5.11 Å². The quantitative estimate of drug-likeness (QED) is 0.894. The van der Waals surface area contributed by atoms with Crippen molar-refractivity contribution in [2.75, 3.05) is 0 Å². The van der Waals surface area contributed by atoms with E-state index in [1.54, 1.807) is 0 Å². The first-order valence-electron chi connectivity index (χ1n) is 7.22. The third kappa shape index (κ3) is 2.46. The summed E-state index contributed by atoms with van der Waals surface area (Å²) >= 11 is 0. The smallest absolute Gasteiger partial charge is 0.0853 e. The summed E-state index contributed by atoms with van der Waals surface area (Å²) in [7, 11) is 1.95. The number of aryl methyl sites for hydroxylation is 2. The highest BCUT2D eigenvalue weighted by Crippen LogP contribution is 2.39.